The first-order valence-electron chi connectivity index (χ1n) is 7.34. The molecule has 0 spiro atoms. The standard InChI is InChI=1S/C18H19N3O3/c1-12-8-14(10-19)9-16(20-12)13(2)21-24-11-15-17(22-3)6-5-7-18(15)23-4/h5-9H,11H2,1-4H3. The molecule has 0 bridgehead atoms. The van der Waals surface area contributed by atoms with Gasteiger partial charge in [-0.1, -0.05) is 11.2 Å². The fraction of sp³-hybridized carbons (Fsp3) is 0.278. The van der Waals surface area contributed by atoms with E-state index in [0.717, 1.165) is 11.3 Å². The fourth-order valence-corrected chi connectivity index (χ4v) is 2.23. The van der Waals surface area contributed by atoms with Crippen molar-refractivity contribution in [3.8, 4) is 17.6 Å². The monoisotopic (exact) mass is 325 g/mol. The van der Waals surface area contributed by atoms with Crippen LogP contribution < -0.4 is 9.47 Å². The van der Waals surface area contributed by atoms with E-state index in [4.69, 9.17) is 19.6 Å². The van der Waals surface area contributed by atoms with Crippen molar-refractivity contribution in [1.29, 1.82) is 5.26 Å². The van der Waals surface area contributed by atoms with Crippen molar-refractivity contribution >= 4 is 5.71 Å². The maximum atomic E-state index is 9.03. The van der Waals surface area contributed by atoms with Crippen LogP contribution in [0.25, 0.3) is 0 Å². The molecule has 1 aromatic heterocycles. The predicted octanol–water partition coefficient (Wildman–Crippen LogP) is 3.22. The van der Waals surface area contributed by atoms with Gasteiger partial charge in [-0.05, 0) is 38.1 Å². The fourth-order valence-electron chi connectivity index (χ4n) is 2.23. The van der Waals surface area contributed by atoms with Crippen LogP contribution in [0.5, 0.6) is 11.5 Å². The Morgan fingerprint density at radius 2 is 1.88 bits per heavy atom. The summed E-state index contributed by atoms with van der Waals surface area (Å²) >= 11 is 0. The Morgan fingerprint density at radius 3 is 2.46 bits per heavy atom. The topological polar surface area (TPSA) is 76.7 Å². The summed E-state index contributed by atoms with van der Waals surface area (Å²) in [5, 5.41) is 13.1. The lowest BCUT2D eigenvalue weighted by Crippen LogP contribution is -2.03. The molecule has 0 amide bonds. The molecule has 124 valence electrons. The summed E-state index contributed by atoms with van der Waals surface area (Å²) in [4.78, 5) is 9.80. The molecule has 24 heavy (non-hydrogen) atoms. The van der Waals surface area contributed by atoms with Gasteiger partial charge in [0.15, 0.2) is 0 Å². The number of hydrogen-bond acceptors (Lipinski definition) is 6. The maximum absolute atomic E-state index is 9.03. The predicted molar refractivity (Wildman–Crippen MR) is 90.2 cm³/mol. The van der Waals surface area contributed by atoms with Crippen LogP contribution in [0.15, 0.2) is 35.5 Å². The highest BCUT2D eigenvalue weighted by Crippen LogP contribution is 2.28. The minimum Gasteiger partial charge on any atom is -0.496 e. The van der Waals surface area contributed by atoms with Crippen LogP contribution in [-0.4, -0.2) is 24.9 Å². The first-order valence-corrected chi connectivity index (χ1v) is 7.34. The Balaban J connectivity index is 2.18. The molecule has 0 saturated carbocycles. The van der Waals surface area contributed by atoms with Gasteiger partial charge >= 0.3 is 0 Å². The highest BCUT2D eigenvalue weighted by molar-refractivity contribution is 5.96. The van der Waals surface area contributed by atoms with Crippen LogP contribution in [0.1, 0.15) is 29.4 Å². The summed E-state index contributed by atoms with van der Waals surface area (Å²) in [5.41, 5.74) is 3.26. The molecule has 0 aliphatic rings. The van der Waals surface area contributed by atoms with Crippen LogP contribution in [-0.2, 0) is 11.4 Å². The largest absolute Gasteiger partial charge is 0.496 e. The lowest BCUT2D eigenvalue weighted by Gasteiger charge is -2.12. The molecule has 0 unspecified atom stereocenters. The van der Waals surface area contributed by atoms with Gasteiger partial charge in [0.05, 0.1) is 37.1 Å². The zero-order valence-electron chi connectivity index (χ0n) is 14.2. The van der Waals surface area contributed by atoms with E-state index < -0.39 is 0 Å². The lowest BCUT2D eigenvalue weighted by molar-refractivity contribution is 0.126. The molecule has 6 nitrogen and oxygen atoms in total. The van der Waals surface area contributed by atoms with Gasteiger partial charge in [0, 0.05) is 5.69 Å². The van der Waals surface area contributed by atoms with Gasteiger partial charge in [-0.25, -0.2) is 0 Å². The molecule has 0 N–H and O–H groups in total. The van der Waals surface area contributed by atoms with Gasteiger partial charge in [0.25, 0.3) is 0 Å². The van der Waals surface area contributed by atoms with Crippen molar-refractivity contribution in [3.63, 3.8) is 0 Å². The van der Waals surface area contributed by atoms with Crippen molar-refractivity contribution in [2.75, 3.05) is 14.2 Å². The SMILES string of the molecule is COc1cccc(OC)c1CON=C(C)c1cc(C#N)cc(C)n1. The summed E-state index contributed by atoms with van der Waals surface area (Å²) in [6.07, 6.45) is 0. The van der Waals surface area contributed by atoms with Crippen molar-refractivity contribution in [3.05, 3.63) is 52.8 Å². The van der Waals surface area contributed by atoms with E-state index in [2.05, 4.69) is 16.2 Å². The Labute approximate surface area is 141 Å². The zero-order valence-corrected chi connectivity index (χ0v) is 14.2. The van der Waals surface area contributed by atoms with E-state index in [9.17, 15) is 0 Å². The van der Waals surface area contributed by atoms with Crippen molar-refractivity contribution in [2.24, 2.45) is 5.16 Å². The average Bonchev–Trinajstić information content (AvgIpc) is 2.60. The highest BCUT2D eigenvalue weighted by Gasteiger charge is 2.10. The number of hydrogen-bond donors (Lipinski definition) is 0. The number of nitriles is 1. The smallest absolute Gasteiger partial charge is 0.149 e. The van der Waals surface area contributed by atoms with Gasteiger partial charge in [-0.3, -0.25) is 4.98 Å². The maximum Gasteiger partial charge on any atom is 0.149 e. The third kappa shape index (κ3) is 4.02. The molecule has 1 heterocycles. The third-order valence-corrected chi connectivity index (χ3v) is 3.39. The molecule has 0 atom stereocenters. The van der Waals surface area contributed by atoms with Crippen LogP contribution in [0, 0.1) is 18.3 Å². The number of methoxy groups -OCH3 is 2. The number of aryl methyl sites for hydroxylation is 1. The van der Waals surface area contributed by atoms with Crippen molar-refractivity contribution < 1.29 is 14.3 Å². The van der Waals surface area contributed by atoms with Crippen LogP contribution in [0.2, 0.25) is 0 Å². The minimum atomic E-state index is 0.196. The number of oxime groups is 1. The molecular formula is C18H19N3O3. The molecule has 0 saturated heterocycles. The van der Waals surface area contributed by atoms with Crippen molar-refractivity contribution in [2.45, 2.75) is 20.5 Å². The summed E-state index contributed by atoms with van der Waals surface area (Å²) in [6.45, 7) is 3.81. The van der Waals surface area contributed by atoms with Crippen LogP contribution in [0.4, 0.5) is 0 Å². The number of nitrogens with zero attached hydrogens (tertiary/aromatic N) is 3. The minimum absolute atomic E-state index is 0.196. The van der Waals surface area contributed by atoms with Crippen LogP contribution in [0.3, 0.4) is 0 Å². The van der Waals surface area contributed by atoms with E-state index in [-0.39, 0.29) is 6.61 Å². The normalized spacial score (nSPS) is 10.9. The molecule has 1 aromatic carbocycles. The van der Waals surface area contributed by atoms with Gasteiger partial charge in [-0.15, -0.1) is 0 Å². The number of pyridine rings is 1. The van der Waals surface area contributed by atoms with Crippen LogP contribution >= 0.6 is 0 Å². The summed E-state index contributed by atoms with van der Waals surface area (Å²) in [6, 6.07) is 11.0. The highest BCUT2D eigenvalue weighted by atomic mass is 16.6. The molecule has 6 heteroatoms. The third-order valence-electron chi connectivity index (χ3n) is 3.39. The second-order valence-corrected chi connectivity index (χ2v) is 5.09. The summed E-state index contributed by atoms with van der Waals surface area (Å²) in [5.74, 6) is 1.34. The zero-order chi connectivity index (χ0) is 17.5. The second kappa shape index (κ2) is 7.97. The Morgan fingerprint density at radius 1 is 1.21 bits per heavy atom. The van der Waals surface area contributed by atoms with E-state index in [1.54, 1.807) is 33.3 Å². The average molecular weight is 325 g/mol. The number of rotatable bonds is 6. The van der Waals surface area contributed by atoms with E-state index in [1.807, 2.05) is 25.1 Å². The lowest BCUT2D eigenvalue weighted by atomic mass is 10.1. The van der Waals surface area contributed by atoms with E-state index >= 15 is 0 Å². The Bertz CT molecular complexity index is 772. The number of ether oxygens (including phenoxy) is 2. The molecule has 0 fully saturated rings. The molecule has 0 aliphatic carbocycles. The number of aromatic nitrogens is 1. The second-order valence-electron chi connectivity index (χ2n) is 5.09. The molecule has 0 aliphatic heterocycles. The van der Waals surface area contributed by atoms with Gasteiger partial charge in [-0.2, -0.15) is 5.26 Å². The number of benzene rings is 1. The Kier molecular flexibility index (Phi) is 5.74. The molecular weight excluding hydrogens is 306 g/mol. The summed E-state index contributed by atoms with van der Waals surface area (Å²) < 4.78 is 10.6. The Hall–Kier alpha value is -3.07. The summed E-state index contributed by atoms with van der Waals surface area (Å²) in [7, 11) is 3.18. The first-order chi connectivity index (χ1) is 11.6. The van der Waals surface area contributed by atoms with Gasteiger partial charge in [0.1, 0.15) is 23.8 Å². The van der Waals surface area contributed by atoms with Gasteiger partial charge < -0.3 is 14.3 Å². The van der Waals surface area contributed by atoms with Crippen molar-refractivity contribution in [1.82, 2.24) is 4.98 Å². The molecule has 0 radical (unpaired) electrons. The van der Waals surface area contributed by atoms with Gasteiger partial charge in [0.2, 0.25) is 0 Å². The molecule has 2 rings (SSSR count). The quantitative estimate of drug-likeness (QED) is 0.602. The first kappa shape index (κ1) is 17.3. The van der Waals surface area contributed by atoms with E-state index in [1.165, 1.54) is 0 Å². The van der Waals surface area contributed by atoms with E-state index in [0.29, 0.717) is 28.5 Å². The molecule has 2 aromatic rings.